The van der Waals surface area contributed by atoms with Crippen LogP contribution >= 0.6 is 0 Å². The van der Waals surface area contributed by atoms with Gasteiger partial charge in [0, 0.05) is 18.0 Å². The molecule has 0 aliphatic heterocycles. The molecule has 0 aliphatic rings. The standard InChI is InChI=1S/C14H14N2O6/c1-7-9-5-11(20-3)12(21-4)6-10(9)13(16(18)19)14(15-7)22-8(2)17/h5-6H,1-4H3. The number of ether oxygens (including phenoxy) is 3. The van der Waals surface area contributed by atoms with Gasteiger partial charge in [-0.15, -0.1) is 0 Å². The van der Waals surface area contributed by atoms with E-state index in [4.69, 9.17) is 14.2 Å². The summed E-state index contributed by atoms with van der Waals surface area (Å²) in [6.07, 6.45) is 0. The van der Waals surface area contributed by atoms with E-state index >= 15 is 0 Å². The number of fused-ring (bicyclic) bond motifs is 1. The van der Waals surface area contributed by atoms with Crippen molar-refractivity contribution in [2.45, 2.75) is 13.8 Å². The van der Waals surface area contributed by atoms with Gasteiger partial charge in [0.05, 0.1) is 24.5 Å². The van der Waals surface area contributed by atoms with E-state index in [9.17, 15) is 14.9 Å². The SMILES string of the molecule is COc1cc2c(C)nc(OC(C)=O)c([N+](=O)[O-])c2cc1OC. The van der Waals surface area contributed by atoms with Crippen molar-refractivity contribution >= 4 is 22.4 Å². The molecule has 0 saturated heterocycles. The molecular formula is C14H14N2O6. The summed E-state index contributed by atoms with van der Waals surface area (Å²) in [6.45, 7) is 2.81. The second kappa shape index (κ2) is 5.84. The molecule has 2 aromatic rings. The maximum atomic E-state index is 11.4. The van der Waals surface area contributed by atoms with Crippen molar-refractivity contribution in [3.8, 4) is 17.4 Å². The average Bonchev–Trinajstić information content (AvgIpc) is 2.45. The molecule has 0 atom stereocenters. The zero-order chi connectivity index (χ0) is 16.4. The number of benzene rings is 1. The molecule has 22 heavy (non-hydrogen) atoms. The zero-order valence-electron chi connectivity index (χ0n) is 12.5. The number of carbonyl (C=O) groups is 1. The highest BCUT2D eigenvalue weighted by Gasteiger charge is 2.26. The van der Waals surface area contributed by atoms with Crippen molar-refractivity contribution in [2.75, 3.05) is 14.2 Å². The third-order valence-electron chi connectivity index (χ3n) is 3.06. The summed E-state index contributed by atoms with van der Waals surface area (Å²) in [7, 11) is 2.89. The molecule has 0 saturated carbocycles. The first-order valence-electron chi connectivity index (χ1n) is 6.28. The van der Waals surface area contributed by atoms with Crippen LogP contribution in [0.4, 0.5) is 5.69 Å². The Morgan fingerprint density at radius 1 is 1.18 bits per heavy atom. The molecule has 8 heteroatoms. The van der Waals surface area contributed by atoms with Gasteiger partial charge in [0.25, 0.3) is 0 Å². The molecule has 0 fully saturated rings. The Labute approximate surface area is 125 Å². The lowest BCUT2D eigenvalue weighted by Crippen LogP contribution is -2.07. The summed E-state index contributed by atoms with van der Waals surface area (Å²) in [5.74, 6) is -0.267. The van der Waals surface area contributed by atoms with E-state index in [1.54, 1.807) is 13.0 Å². The largest absolute Gasteiger partial charge is 0.493 e. The van der Waals surface area contributed by atoms with Gasteiger partial charge in [-0.3, -0.25) is 14.9 Å². The van der Waals surface area contributed by atoms with Gasteiger partial charge in [0.2, 0.25) is 0 Å². The van der Waals surface area contributed by atoms with E-state index in [1.807, 2.05) is 0 Å². The van der Waals surface area contributed by atoms with E-state index in [-0.39, 0.29) is 11.3 Å². The van der Waals surface area contributed by atoms with Crippen LogP contribution in [0, 0.1) is 17.0 Å². The zero-order valence-corrected chi connectivity index (χ0v) is 12.5. The number of methoxy groups -OCH3 is 2. The predicted octanol–water partition coefficient (Wildman–Crippen LogP) is 2.39. The molecule has 1 aromatic carbocycles. The molecular weight excluding hydrogens is 292 g/mol. The second-order valence-corrected chi connectivity index (χ2v) is 4.45. The Kier molecular flexibility index (Phi) is 4.11. The van der Waals surface area contributed by atoms with Crippen molar-refractivity contribution in [3.63, 3.8) is 0 Å². The van der Waals surface area contributed by atoms with Gasteiger partial charge in [-0.25, -0.2) is 4.98 Å². The number of pyridine rings is 1. The van der Waals surface area contributed by atoms with E-state index in [2.05, 4.69) is 4.98 Å². The minimum atomic E-state index is -0.685. The van der Waals surface area contributed by atoms with Gasteiger partial charge in [-0.2, -0.15) is 0 Å². The van der Waals surface area contributed by atoms with Crippen LogP contribution in [0.2, 0.25) is 0 Å². The fourth-order valence-electron chi connectivity index (χ4n) is 2.14. The Balaban J connectivity index is 2.88. The third-order valence-corrected chi connectivity index (χ3v) is 3.06. The topological polar surface area (TPSA) is 101 Å². The third kappa shape index (κ3) is 2.62. The molecule has 2 rings (SSSR count). The van der Waals surface area contributed by atoms with E-state index in [0.717, 1.165) is 6.92 Å². The molecule has 0 radical (unpaired) electrons. The van der Waals surface area contributed by atoms with Crippen molar-refractivity contribution < 1.29 is 23.9 Å². The summed E-state index contributed by atoms with van der Waals surface area (Å²) < 4.78 is 15.2. The quantitative estimate of drug-likeness (QED) is 0.485. The van der Waals surface area contributed by atoms with Crippen LogP contribution in [0.15, 0.2) is 12.1 Å². The van der Waals surface area contributed by atoms with Gasteiger partial charge < -0.3 is 14.2 Å². The number of nitrogens with zero attached hydrogens (tertiary/aromatic N) is 2. The number of hydrogen-bond donors (Lipinski definition) is 0. The van der Waals surface area contributed by atoms with Crippen LogP contribution in [-0.2, 0) is 4.79 Å². The van der Waals surface area contributed by atoms with E-state index < -0.39 is 16.6 Å². The lowest BCUT2D eigenvalue weighted by Gasteiger charge is -2.12. The number of aromatic nitrogens is 1. The van der Waals surface area contributed by atoms with Crippen LogP contribution in [-0.4, -0.2) is 30.1 Å². The average molecular weight is 306 g/mol. The lowest BCUT2D eigenvalue weighted by atomic mass is 10.1. The Morgan fingerprint density at radius 2 is 1.73 bits per heavy atom. The predicted molar refractivity (Wildman–Crippen MR) is 77.5 cm³/mol. The van der Waals surface area contributed by atoms with Gasteiger partial charge in [0.1, 0.15) is 0 Å². The van der Waals surface area contributed by atoms with Gasteiger partial charge in [-0.05, 0) is 19.1 Å². The van der Waals surface area contributed by atoms with Crippen molar-refractivity contribution in [3.05, 3.63) is 27.9 Å². The number of carbonyl (C=O) groups excluding carboxylic acids is 1. The highest BCUT2D eigenvalue weighted by atomic mass is 16.6. The van der Waals surface area contributed by atoms with Gasteiger partial charge in [-0.1, -0.05) is 0 Å². The number of nitro groups is 1. The van der Waals surface area contributed by atoms with Crippen LogP contribution in [0.25, 0.3) is 10.8 Å². The molecule has 1 aromatic heterocycles. The summed E-state index contributed by atoms with van der Waals surface area (Å²) in [5, 5.41) is 12.2. The number of esters is 1. The second-order valence-electron chi connectivity index (χ2n) is 4.45. The van der Waals surface area contributed by atoms with Crippen LogP contribution in [0.5, 0.6) is 17.4 Å². The molecule has 0 unspecified atom stereocenters. The van der Waals surface area contributed by atoms with Crippen LogP contribution < -0.4 is 14.2 Å². The first kappa shape index (κ1) is 15.5. The number of rotatable bonds is 4. The molecule has 8 nitrogen and oxygen atoms in total. The number of hydrogen-bond acceptors (Lipinski definition) is 7. The summed E-state index contributed by atoms with van der Waals surface area (Å²) in [4.78, 5) is 25.9. The van der Waals surface area contributed by atoms with E-state index in [0.29, 0.717) is 22.6 Å². The van der Waals surface area contributed by atoms with Crippen molar-refractivity contribution in [1.29, 1.82) is 0 Å². The first-order chi connectivity index (χ1) is 10.4. The minimum Gasteiger partial charge on any atom is -0.493 e. The molecule has 0 bridgehead atoms. The van der Waals surface area contributed by atoms with Crippen molar-refractivity contribution in [2.24, 2.45) is 0 Å². The lowest BCUT2D eigenvalue weighted by molar-refractivity contribution is -0.384. The highest BCUT2D eigenvalue weighted by molar-refractivity contribution is 5.97. The maximum absolute atomic E-state index is 11.4. The maximum Gasteiger partial charge on any atom is 0.339 e. The highest BCUT2D eigenvalue weighted by Crippen LogP contribution is 2.40. The Hall–Kier alpha value is -2.90. The van der Waals surface area contributed by atoms with E-state index in [1.165, 1.54) is 20.3 Å². The summed E-state index contributed by atoms with van der Waals surface area (Å²) in [6, 6.07) is 3.06. The van der Waals surface area contributed by atoms with Crippen LogP contribution in [0.3, 0.4) is 0 Å². The fourth-order valence-corrected chi connectivity index (χ4v) is 2.14. The number of aryl methyl sites for hydroxylation is 1. The fraction of sp³-hybridized carbons (Fsp3) is 0.286. The van der Waals surface area contributed by atoms with Gasteiger partial charge >= 0.3 is 17.5 Å². The summed E-state index contributed by atoms with van der Waals surface area (Å²) in [5.41, 5.74) is 0.0783. The smallest absolute Gasteiger partial charge is 0.339 e. The molecule has 0 spiro atoms. The van der Waals surface area contributed by atoms with Gasteiger partial charge in [0.15, 0.2) is 11.5 Å². The minimum absolute atomic E-state index is 0.256. The normalized spacial score (nSPS) is 10.4. The molecule has 0 N–H and O–H groups in total. The molecule has 116 valence electrons. The molecule has 0 amide bonds. The monoisotopic (exact) mass is 306 g/mol. The van der Waals surface area contributed by atoms with Crippen molar-refractivity contribution in [1.82, 2.24) is 4.98 Å². The molecule has 0 aliphatic carbocycles. The van der Waals surface area contributed by atoms with Crippen LogP contribution in [0.1, 0.15) is 12.6 Å². The Bertz CT molecular complexity index is 772. The first-order valence-corrected chi connectivity index (χ1v) is 6.28. The Morgan fingerprint density at radius 3 is 2.18 bits per heavy atom. The molecule has 1 heterocycles. The summed E-state index contributed by atoms with van der Waals surface area (Å²) >= 11 is 0.